The number of nitrogens with two attached hydrogens (primary N) is 2. The van der Waals surface area contributed by atoms with Crippen LogP contribution in [0, 0.1) is 0 Å². The van der Waals surface area contributed by atoms with Crippen LogP contribution in [0.15, 0.2) is 0 Å². The molecule has 19 nitrogen and oxygen atoms in total. The van der Waals surface area contributed by atoms with Gasteiger partial charge in [-0.1, -0.05) is 11.8 Å². The van der Waals surface area contributed by atoms with Gasteiger partial charge in [-0.25, -0.2) is 0 Å². The Hall–Kier alpha value is -3.95. The van der Waals surface area contributed by atoms with Crippen molar-refractivity contribution in [1.29, 1.82) is 0 Å². The van der Waals surface area contributed by atoms with Gasteiger partial charge in [-0.3, -0.25) is 43.2 Å². The van der Waals surface area contributed by atoms with Crippen molar-refractivity contribution in [2.75, 3.05) is 24.6 Å². The van der Waals surface area contributed by atoms with Gasteiger partial charge < -0.3 is 53.2 Å². The number of carboxylic acids is 4. The minimum absolute atomic E-state index is 0.0256. The Labute approximate surface area is 248 Å². The number of aliphatic carboxylic acids is 4. The van der Waals surface area contributed by atoms with Crippen molar-refractivity contribution in [2.24, 2.45) is 11.5 Å². The van der Waals surface area contributed by atoms with Crippen LogP contribution < -0.4 is 32.7 Å². The van der Waals surface area contributed by atoms with Crippen LogP contribution in [0.4, 0.5) is 0 Å². The van der Waals surface area contributed by atoms with Crippen LogP contribution in [-0.4, -0.2) is 122 Å². The summed E-state index contributed by atoms with van der Waals surface area (Å²) in [5, 5.41) is 42.8. The molecule has 0 radical (unpaired) electrons. The van der Waals surface area contributed by atoms with E-state index in [4.69, 9.17) is 31.9 Å². The molecule has 0 aromatic rings. The zero-order valence-corrected chi connectivity index (χ0v) is 23.7. The molecule has 0 spiro atoms. The van der Waals surface area contributed by atoms with Crippen molar-refractivity contribution in [2.45, 2.75) is 49.9 Å². The van der Waals surface area contributed by atoms with E-state index in [0.717, 1.165) is 11.8 Å². The van der Waals surface area contributed by atoms with E-state index in [-0.39, 0.29) is 37.2 Å². The van der Waals surface area contributed by atoms with Crippen molar-refractivity contribution in [3.8, 4) is 0 Å². The highest BCUT2D eigenvalue weighted by molar-refractivity contribution is 8.11. The van der Waals surface area contributed by atoms with Gasteiger partial charge in [-0.15, -0.1) is 0 Å². The number of carbonyl (C=O) groups excluding carboxylic acids is 5. The molecular formula is C21H34N6O13S2. The first kappa shape index (κ1) is 40.2. The standard InChI is InChI=1S/C11H17N3O7S.C10H17N3O6S/c12-6(11(20)21)1-2-8(16)14-7(4-22-5-15)10(19)13-3-9(17)18;11-5(10(18)19)1-2-7(14)13-6(4-20)9(17)12-3-8(15)16/h5-7H,1-4,12H2,(H,13,19)(H,14,16)(H,17,18)(H,20,21);5-6,20H,1-4,11H2,(H,12,17)(H,13,14)(H,15,16)(H,18,19). The monoisotopic (exact) mass is 642 g/mol. The summed E-state index contributed by atoms with van der Waals surface area (Å²) in [6.45, 7) is -1.19. The second-order valence-electron chi connectivity index (χ2n) is 8.04. The van der Waals surface area contributed by atoms with Gasteiger partial charge in [0.05, 0.1) is 0 Å². The first-order valence-electron chi connectivity index (χ1n) is 11.8. The molecule has 0 fully saturated rings. The molecule has 0 bridgehead atoms. The summed E-state index contributed by atoms with van der Waals surface area (Å²) in [6, 6.07) is -4.46. The molecule has 0 aliphatic carbocycles. The fraction of sp³-hybridized carbons (Fsp3) is 0.571. The van der Waals surface area contributed by atoms with Crippen molar-refractivity contribution in [3.05, 3.63) is 0 Å². The number of carbonyl (C=O) groups is 9. The van der Waals surface area contributed by atoms with E-state index >= 15 is 0 Å². The van der Waals surface area contributed by atoms with E-state index in [0.29, 0.717) is 5.62 Å². The Morgan fingerprint density at radius 2 is 1.10 bits per heavy atom. The highest BCUT2D eigenvalue weighted by atomic mass is 32.2. The third-order valence-corrected chi connectivity index (χ3v) is 5.67. The third kappa shape index (κ3) is 20.9. The Morgan fingerprint density at radius 3 is 1.43 bits per heavy atom. The molecule has 0 rings (SSSR count). The Bertz CT molecular complexity index is 984. The summed E-state index contributed by atoms with van der Waals surface area (Å²) < 4.78 is 0. The average molecular weight is 643 g/mol. The first-order valence-corrected chi connectivity index (χ1v) is 13.4. The highest BCUT2D eigenvalue weighted by Crippen LogP contribution is 2.02. The fourth-order valence-electron chi connectivity index (χ4n) is 2.44. The van der Waals surface area contributed by atoms with Crippen LogP contribution >= 0.6 is 24.4 Å². The van der Waals surface area contributed by atoms with Crippen LogP contribution in [0.25, 0.3) is 0 Å². The summed E-state index contributed by atoms with van der Waals surface area (Å²) >= 11 is 4.60. The fourth-order valence-corrected chi connectivity index (χ4v) is 3.20. The topological polar surface area (TPSA) is 335 Å². The van der Waals surface area contributed by atoms with E-state index < -0.39 is 84.8 Å². The van der Waals surface area contributed by atoms with Gasteiger partial charge in [0.15, 0.2) is 5.62 Å². The molecule has 238 valence electrons. The molecule has 0 aliphatic heterocycles. The van der Waals surface area contributed by atoms with Gasteiger partial charge in [0.25, 0.3) is 0 Å². The van der Waals surface area contributed by atoms with E-state index in [1.165, 1.54) is 0 Å². The lowest BCUT2D eigenvalue weighted by Gasteiger charge is -2.17. The number of thioether (sulfide) groups is 1. The van der Waals surface area contributed by atoms with Gasteiger partial charge in [0, 0.05) is 24.3 Å². The molecule has 4 amide bonds. The smallest absolute Gasteiger partial charge is 0.322 e. The molecule has 21 heteroatoms. The zero-order valence-electron chi connectivity index (χ0n) is 22.0. The number of hydrogen-bond donors (Lipinski definition) is 11. The van der Waals surface area contributed by atoms with Crippen LogP contribution in [0.3, 0.4) is 0 Å². The molecule has 0 aliphatic rings. The molecule has 0 saturated carbocycles. The van der Waals surface area contributed by atoms with Crippen LogP contribution in [0.2, 0.25) is 0 Å². The normalized spacial score (nSPS) is 12.9. The molecule has 4 unspecified atom stereocenters. The molecule has 12 N–H and O–H groups in total. The Balaban J connectivity index is 0. The number of thiol groups is 1. The number of hydrogen-bond acceptors (Lipinski definition) is 13. The van der Waals surface area contributed by atoms with Crippen molar-refractivity contribution >= 4 is 77.5 Å². The van der Waals surface area contributed by atoms with E-state index in [1.54, 1.807) is 0 Å². The number of rotatable bonds is 20. The number of nitrogens with one attached hydrogen (secondary N) is 4. The van der Waals surface area contributed by atoms with Gasteiger partial charge in [-0.2, -0.15) is 12.6 Å². The first-order chi connectivity index (χ1) is 19.5. The molecule has 0 heterocycles. The predicted molar refractivity (Wildman–Crippen MR) is 148 cm³/mol. The lowest BCUT2D eigenvalue weighted by atomic mass is 10.1. The van der Waals surface area contributed by atoms with Crippen molar-refractivity contribution in [3.63, 3.8) is 0 Å². The lowest BCUT2D eigenvalue weighted by molar-refractivity contribution is -0.140. The van der Waals surface area contributed by atoms with Crippen molar-refractivity contribution < 1.29 is 63.6 Å². The second-order valence-corrected chi connectivity index (χ2v) is 9.27. The third-order valence-electron chi connectivity index (χ3n) is 4.64. The highest BCUT2D eigenvalue weighted by Gasteiger charge is 2.23. The Morgan fingerprint density at radius 1 is 0.714 bits per heavy atom. The minimum atomic E-state index is -1.26. The SMILES string of the molecule is NC(CCC(=O)NC(CS)C(=O)NCC(=O)O)C(=O)O.NC(CCC(=O)NC(CSC=O)C(=O)NCC(=O)O)C(=O)O. The maximum atomic E-state index is 11.7. The predicted octanol–water partition coefficient (Wildman–Crippen LogP) is -4.42. The molecular weight excluding hydrogens is 608 g/mol. The summed E-state index contributed by atoms with van der Waals surface area (Å²) in [5.74, 6) is -7.67. The number of carboxylic acid groups (broad SMARTS) is 4. The van der Waals surface area contributed by atoms with Gasteiger partial charge in [0.2, 0.25) is 23.6 Å². The zero-order chi connectivity index (χ0) is 32.8. The summed E-state index contributed by atoms with van der Waals surface area (Å²) in [4.78, 5) is 98.3. The largest absolute Gasteiger partial charge is 0.480 e. The molecule has 4 atom stereocenters. The molecule has 0 aromatic carbocycles. The summed E-state index contributed by atoms with van der Waals surface area (Å²) in [5.41, 5.74) is 10.9. The molecule has 42 heavy (non-hydrogen) atoms. The summed E-state index contributed by atoms with van der Waals surface area (Å²) in [7, 11) is 0. The second kappa shape index (κ2) is 22.7. The van der Waals surface area contributed by atoms with E-state index in [2.05, 4.69) is 33.9 Å². The van der Waals surface area contributed by atoms with Gasteiger partial charge in [-0.05, 0) is 12.8 Å². The summed E-state index contributed by atoms with van der Waals surface area (Å²) in [6.07, 6.45) is -0.575. The van der Waals surface area contributed by atoms with Crippen LogP contribution in [0.5, 0.6) is 0 Å². The van der Waals surface area contributed by atoms with E-state index in [9.17, 15) is 43.2 Å². The number of amides is 4. The van der Waals surface area contributed by atoms with Crippen molar-refractivity contribution in [1.82, 2.24) is 21.3 Å². The quantitative estimate of drug-likeness (QED) is 0.0441. The average Bonchev–Trinajstić information content (AvgIpc) is 2.92. The minimum Gasteiger partial charge on any atom is -0.480 e. The maximum Gasteiger partial charge on any atom is 0.322 e. The van der Waals surface area contributed by atoms with Crippen LogP contribution in [0.1, 0.15) is 25.7 Å². The lowest BCUT2D eigenvalue weighted by Crippen LogP contribution is -2.49. The Kier molecular flexibility index (Phi) is 21.7. The maximum absolute atomic E-state index is 11.7. The van der Waals surface area contributed by atoms with Crippen LogP contribution in [-0.2, 0) is 43.2 Å². The molecule has 0 saturated heterocycles. The van der Waals surface area contributed by atoms with Gasteiger partial charge in [0.1, 0.15) is 37.3 Å². The van der Waals surface area contributed by atoms with E-state index in [1.807, 2.05) is 0 Å². The van der Waals surface area contributed by atoms with Gasteiger partial charge >= 0.3 is 23.9 Å². The molecule has 0 aromatic heterocycles.